The van der Waals surface area contributed by atoms with Crippen LogP contribution in [0.15, 0.2) is 78.9 Å². The van der Waals surface area contributed by atoms with Crippen molar-refractivity contribution in [3.63, 3.8) is 0 Å². The number of ketones is 1. The monoisotopic (exact) mass is 460 g/mol. The number of Topliss-reactive ketones (excluding diaryl/α,β-unsaturated/α-hetero) is 1. The molecule has 0 saturated carbocycles. The minimum absolute atomic E-state index is 0.203. The zero-order valence-electron chi connectivity index (χ0n) is 18.8. The van der Waals surface area contributed by atoms with E-state index in [0.717, 1.165) is 5.56 Å². The lowest BCUT2D eigenvalue weighted by Crippen LogP contribution is -2.41. The van der Waals surface area contributed by atoms with Gasteiger partial charge in [0.05, 0.1) is 25.3 Å². The van der Waals surface area contributed by atoms with Gasteiger partial charge in [-0.2, -0.15) is 0 Å². The largest absolute Gasteiger partial charge is 0.465 e. The van der Waals surface area contributed by atoms with Crippen LogP contribution in [-0.4, -0.2) is 43.3 Å². The van der Waals surface area contributed by atoms with Crippen LogP contribution in [-0.2, 0) is 19.8 Å². The van der Waals surface area contributed by atoms with Gasteiger partial charge >= 0.3 is 11.9 Å². The van der Waals surface area contributed by atoms with Gasteiger partial charge in [-0.05, 0) is 35.4 Å². The molecule has 4 rings (SSSR count). The van der Waals surface area contributed by atoms with E-state index in [9.17, 15) is 19.5 Å². The van der Waals surface area contributed by atoms with Gasteiger partial charge in [0.25, 0.3) is 0 Å². The van der Waals surface area contributed by atoms with Crippen molar-refractivity contribution < 1.29 is 33.7 Å². The second-order valence-corrected chi connectivity index (χ2v) is 7.97. The number of aliphatic hydroxyl groups is 1. The Morgan fingerprint density at radius 1 is 0.794 bits per heavy atom. The molecule has 1 aliphatic heterocycles. The Hall–Kier alpha value is -3.81. The highest BCUT2D eigenvalue weighted by Crippen LogP contribution is 2.51. The van der Waals surface area contributed by atoms with Gasteiger partial charge < -0.3 is 19.3 Å². The summed E-state index contributed by atoms with van der Waals surface area (Å²) in [5.41, 5.74) is 0.707. The number of ether oxygens (including phenoxy) is 3. The second kappa shape index (κ2) is 9.59. The summed E-state index contributed by atoms with van der Waals surface area (Å²) in [4.78, 5) is 37.8. The van der Waals surface area contributed by atoms with Crippen molar-refractivity contribution in [3.05, 3.63) is 107 Å². The number of rotatable bonds is 6. The Morgan fingerprint density at radius 2 is 1.29 bits per heavy atom. The second-order valence-electron chi connectivity index (χ2n) is 7.97. The summed E-state index contributed by atoms with van der Waals surface area (Å²) < 4.78 is 15.6. The number of esters is 2. The molecule has 0 aliphatic carbocycles. The zero-order chi connectivity index (χ0) is 24.3. The van der Waals surface area contributed by atoms with Gasteiger partial charge in [0.1, 0.15) is 0 Å². The molecule has 0 radical (unpaired) electrons. The average Bonchev–Trinajstić information content (AvgIpc) is 3.26. The Morgan fingerprint density at radius 3 is 1.82 bits per heavy atom. The topological polar surface area (TPSA) is 99.1 Å². The van der Waals surface area contributed by atoms with E-state index < -0.39 is 29.7 Å². The summed E-state index contributed by atoms with van der Waals surface area (Å²) in [7, 11) is 2.58. The molecule has 1 heterocycles. The van der Waals surface area contributed by atoms with Crippen molar-refractivity contribution in [1.82, 2.24) is 0 Å². The van der Waals surface area contributed by atoms with Gasteiger partial charge in [0, 0.05) is 17.9 Å². The molecule has 7 nitrogen and oxygen atoms in total. The first-order valence-electron chi connectivity index (χ1n) is 10.7. The molecule has 174 valence electrons. The predicted molar refractivity (Wildman–Crippen MR) is 122 cm³/mol. The Balaban J connectivity index is 1.85. The fraction of sp³-hybridized carbons (Fsp3) is 0.222. The number of carbonyl (C=O) groups is 3. The molecule has 0 bridgehead atoms. The molecule has 1 aliphatic rings. The van der Waals surface area contributed by atoms with E-state index >= 15 is 0 Å². The van der Waals surface area contributed by atoms with Crippen LogP contribution in [0.2, 0.25) is 0 Å². The van der Waals surface area contributed by atoms with Crippen molar-refractivity contribution in [2.45, 2.75) is 24.2 Å². The summed E-state index contributed by atoms with van der Waals surface area (Å²) in [5, 5.41) is 10.6. The minimum atomic E-state index is -1.55. The first-order valence-corrected chi connectivity index (χ1v) is 10.7. The highest BCUT2D eigenvalue weighted by molar-refractivity contribution is 6.05. The predicted octanol–water partition coefficient (Wildman–Crippen LogP) is 3.86. The lowest BCUT2D eigenvalue weighted by Gasteiger charge is -2.34. The SMILES string of the molecule is COC(=O)c1ccc(C(=O)[C@]2(c3ccc(C(=O)OC)cc3)O[C@H](O)C[C@H]2c2ccccc2)cc1. The van der Waals surface area contributed by atoms with Crippen molar-refractivity contribution in [2.75, 3.05) is 14.2 Å². The fourth-order valence-corrected chi connectivity index (χ4v) is 4.44. The molecule has 34 heavy (non-hydrogen) atoms. The van der Waals surface area contributed by atoms with E-state index in [4.69, 9.17) is 14.2 Å². The van der Waals surface area contributed by atoms with Crippen molar-refractivity contribution >= 4 is 17.7 Å². The quantitative estimate of drug-likeness (QED) is 0.440. The van der Waals surface area contributed by atoms with Gasteiger partial charge in [-0.1, -0.05) is 54.6 Å². The normalized spacial score (nSPS) is 21.6. The standard InChI is InChI=1S/C27H24O7/c1-32-25(30)19-10-8-18(9-11-19)24(29)27(21-14-12-20(13-15-21)26(31)33-2)22(16-23(28)34-27)17-6-4-3-5-7-17/h3-15,22-23,28H,16H2,1-2H3/t22-,23-,27+/m0/s1. The highest BCUT2D eigenvalue weighted by atomic mass is 16.6. The minimum Gasteiger partial charge on any atom is -0.465 e. The van der Waals surface area contributed by atoms with E-state index in [2.05, 4.69) is 0 Å². The molecule has 0 amide bonds. The van der Waals surface area contributed by atoms with Gasteiger partial charge in [-0.25, -0.2) is 9.59 Å². The third-order valence-corrected chi connectivity index (χ3v) is 6.09. The molecule has 1 N–H and O–H groups in total. The molecule has 3 aromatic carbocycles. The van der Waals surface area contributed by atoms with Crippen molar-refractivity contribution in [1.29, 1.82) is 0 Å². The number of methoxy groups -OCH3 is 2. The molecule has 3 aromatic rings. The van der Waals surface area contributed by atoms with Gasteiger partial charge in [0.15, 0.2) is 17.7 Å². The van der Waals surface area contributed by atoms with E-state index in [-0.39, 0.29) is 12.2 Å². The summed E-state index contributed by atoms with van der Waals surface area (Å²) in [5.74, 6) is -1.89. The molecule has 1 fully saturated rings. The molecular formula is C27H24O7. The maximum Gasteiger partial charge on any atom is 0.337 e. The van der Waals surface area contributed by atoms with Crippen LogP contribution in [0.25, 0.3) is 0 Å². The fourth-order valence-electron chi connectivity index (χ4n) is 4.44. The Labute approximate surface area is 196 Å². The van der Waals surface area contributed by atoms with Gasteiger partial charge in [-0.3, -0.25) is 4.79 Å². The molecular weight excluding hydrogens is 436 g/mol. The Kier molecular flexibility index (Phi) is 6.58. The summed E-state index contributed by atoms with van der Waals surface area (Å²) in [6.07, 6.45) is -0.974. The van der Waals surface area contributed by atoms with Crippen LogP contribution < -0.4 is 0 Å². The molecule has 1 saturated heterocycles. The van der Waals surface area contributed by atoms with Crippen LogP contribution in [0.3, 0.4) is 0 Å². The molecule has 3 atom stereocenters. The van der Waals surface area contributed by atoms with E-state index in [1.807, 2.05) is 30.3 Å². The van der Waals surface area contributed by atoms with Crippen molar-refractivity contribution in [2.24, 2.45) is 0 Å². The van der Waals surface area contributed by atoms with Crippen LogP contribution in [0, 0.1) is 0 Å². The molecule has 0 unspecified atom stereocenters. The number of carbonyl (C=O) groups excluding carboxylic acids is 3. The number of aliphatic hydroxyl groups excluding tert-OH is 1. The van der Waals surface area contributed by atoms with E-state index in [1.165, 1.54) is 38.5 Å². The third kappa shape index (κ3) is 4.11. The van der Waals surface area contributed by atoms with E-state index in [1.54, 1.807) is 24.3 Å². The van der Waals surface area contributed by atoms with Crippen LogP contribution >= 0.6 is 0 Å². The zero-order valence-corrected chi connectivity index (χ0v) is 18.8. The highest BCUT2D eigenvalue weighted by Gasteiger charge is 2.55. The first-order chi connectivity index (χ1) is 16.4. The third-order valence-electron chi connectivity index (χ3n) is 6.09. The maximum atomic E-state index is 14.1. The maximum absolute atomic E-state index is 14.1. The molecule has 7 heteroatoms. The lowest BCUT2D eigenvalue weighted by molar-refractivity contribution is -0.125. The Bertz CT molecular complexity index is 1190. The number of benzene rings is 3. The summed E-state index contributed by atoms with van der Waals surface area (Å²) in [6, 6.07) is 21.9. The van der Waals surface area contributed by atoms with Gasteiger partial charge in [0.2, 0.25) is 0 Å². The first kappa shape index (κ1) is 23.4. The molecule has 0 aromatic heterocycles. The van der Waals surface area contributed by atoms with Crippen LogP contribution in [0.1, 0.15) is 54.5 Å². The average molecular weight is 460 g/mol. The van der Waals surface area contributed by atoms with Crippen LogP contribution in [0.4, 0.5) is 0 Å². The summed E-state index contributed by atoms with van der Waals surface area (Å²) >= 11 is 0. The molecule has 0 spiro atoms. The summed E-state index contributed by atoms with van der Waals surface area (Å²) in [6.45, 7) is 0. The van der Waals surface area contributed by atoms with E-state index in [0.29, 0.717) is 22.3 Å². The number of hydrogen-bond donors (Lipinski definition) is 1. The number of hydrogen-bond acceptors (Lipinski definition) is 7. The smallest absolute Gasteiger partial charge is 0.337 e. The van der Waals surface area contributed by atoms with Crippen molar-refractivity contribution in [3.8, 4) is 0 Å². The van der Waals surface area contributed by atoms with Crippen LogP contribution in [0.5, 0.6) is 0 Å². The van der Waals surface area contributed by atoms with Gasteiger partial charge in [-0.15, -0.1) is 0 Å². The lowest BCUT2D eigenvalue weighted by atomic mass is 9.73.